The molecule has 1 aliphatic rings. The minimum absolute atomic E-state index is 0.0133. The second-order valence-corrected chi connectivity index (χ2v) is 7.32. The van der Waals surface area contributed by atoms with E-state index >= 15 is 0 Å². The van der Waals surface area contributed by atoms with Gasteiger partial charge in [-0.05, 0) is 66.8 Å². The van der Waals surface area contributed by atoms with Gasteiger partial charge in [0.05, 0.1) is 6.10 Å². The molecule has 0 unspecified atom stereocenters. The fraction of sp³-hybridized carbons (Fsp3) is 0.261. The van der Waals surface area contributed by atoms with Gasteiger partial charge in [0.2, 0.25) is 0 Å². The number of aromatic nitrogens is 1. The van der Waals surface area contributed by atoms with Gasteiger partial charge in [-0.25, -0.2) is 8.78 Å². The van der Waals surface area contributed by atoms with Crippen LogP contribution in [0.4, 0.5) is 8.78 Å². The maximum absolute atomic E-state index is 13.3. The second kappa shape index (κ2) is 8.67. The molecule has 0 radical (unpaired) electrons. The Labute approximate surface area is 172 Å². The van der Waals surface area contributed by atoms with Crippen molar-refractivity contribution in [2.24, 2.45) is 5.92 Å². The number of hydrogen-bond acceptors (Lipinski definition) is 4. The van der Waals surface area contributed by atoms with E-state index < -0.39 is 17.7 Å². The van der Waals surface area contributed by atoms with Crippen LogP contribution >= 0.6 is 0 Å². The zero-order valence-electron chi connectivity index (χ0n) is 16.1. The third-order valence-electron chi connectivity index (χ3n) is 4.98. The molecular weight excluding hydrogens is 392 g/mol. The Morgan fingerprint density at radius 1 is 0.967 bits per heavy atom. The number of halogens is 2. The first-order chi connectivity index (χ1) is 14.5. The van der Waals surface area contributed by atoms with Crippen molar-refractivity contribution in [1.29, 1.82) is 0 Å². The van der Waals surface area contributed by atoms with E-state index in [1.54, 1.807) is 36.5 Å². The number of aliphatic hydroxyl groups is 1. The van der Waals surface area contributed by atoms with Crippen LogP contribution in [0, 0.1) is 17.6 Å². The van der Waals surface area contributed by atoms with Crippen LogP contribution in [-0.4, -0.2) is 22.4 Å². The molecule has 7 heteroatoms. The molecule has 4 rings (SSSR count). The Morgan fingerprint density at radius 3 is 2.40 bits per heavy atom. The lowest BCUT2D eigenvalue weighted by molar-refractivity contribution is 0.0894. The van der Waals surface area contributed by atoms with Crippen LogP contribution in [0.15, 0.2) is 65.6 Å². The Kier molecular flexibility index (Phi) is 5.81. The first kappa shape index (κ1) is 20.1. The fourth-order valence-corrected chi connectivity index (χ4v) is 3.06. The van der Waals surface area contributed by atoms with Crippen LogP contribution in [0.25, 0.3) is 5.69 Å². The molecule has 156 valence electrons. The van der Waals surface area contributed by atoms with E-state index in [9.17, 15) is 18.7 Å². The summed E-state index contributed by atoms with van der Waals surface area (Å²) in [5.41, 5.74) is 0.818. The lowest BCUT2D eigenvalue weighted by Crippen LogP contribution is -2.19. The molecule has 0 spiro atoms. The number of nitrogens with zero attached hydrogens (tertiary/aromatic N) is 1. The van der Waals surface area contributed by atoms with Gasteiger partial charge in [-0.3, -0.25) is 9.36 Å². The van der Waals surface area contributed by atoms with Crippen LogP contribution < -0.4 is 15.0 Å². The molecule has 1 saturated carbocycles. The summed E-state index contributed by atoms with van der Waals surface area (Å²) in [7, 11) is 0. The van der Waals surface area contributed by atoms with Crippen molar-refractivity contribution in [3.05, 3.63) is 88.3 Å². The molecule has 1 N–H and O–H groups in total. The first-order valence-corrected chi connectivity index (χ1v) is 9.70. The summed E-state index contributed by atoms with van der Waals surface area (Å²) in [4.78, 5) is 12.4. The molecule has 2 aromatic carbocycles. The van der Waals surface area contributed by atoms with Gasteiger partial charge in [-0.15, -0.1) is 0 Å². The van der Waals surface area contributed by atoms with E-state index in [2.05, 4.69) is 0 Å². The minimum atomic E-state index is -0.944. The molecule has 1 fully saturated rings. The maximum Gasteiger partial charge on any atom is 0.258 e. The molecule has 30 heavy (non-hydrogen) atoms. The largest absolute Gasteiger partial charge is 0.491 e. The van der Waals surface area contributed by atoms with E-state index in [4.69, 9.17) is 9.47 Å². The smallest absolute Gasteiger partial charge is 0.258 e. The zero-order chi connectivity index (χ0) is 21.1. The Morgan fingerprint density at radius 2 is 1.73 bits per heavy atom. The number of rotatable bonds is 8. The van der Waals surface area contributed by atoms with Crippen molar-refractivity contribution in [1.82, 2.24) is 4.57 Å². The van der Waals surface area contributed by atoms with Gasteiger partial charge in [0.1, 0.15) is 24.7 Å². The van der Waals surface area contributed by atoms with E-state index in [0.717, 1.165) is 25.0 Å². The lowest BCUT2D eigenvalue weighted by Gasteiger charge is -2.12. The van der Waals surface area contributed by atoms with Gasteiger partial charge < -0.3 is 14.6 Å². The summed E-state index contributed by atoms with van der Waals surface area (Å²) in [5.74, 6) is -0.559. The highest BCUT2D eigenvalue weighted by atomic mass is 19.2. The molecule has 0 saturated heterocycles. The summed E-state index contributed by atoms with van der Waals surface area (Å²) in [5, 5.41) is 9.87. The summed E-state index contributed by atoms with van der Waals surface area (Å²) in [6.45, 7) is 0.271. The van der Waals surface area contributed by atoms with Crippen LogP contribution in [0.2, 0.25) is 0 Å². The maximum atomic E-state index is 13.3. The Bertz CT molecular complexity index is 1080. The standard InChI is InChI=1S/C23H21F2NO4/c24-20-8-1-15(11-21(20)25)13-29-19-9-10-26(23(28)12-19)17-4-6-18(7-5-17)30-14-22(27)16-2-3-16/h1,4-12,16,22,27H,2-3,13-14H2/t22-/m0/s1. The van der Waals surface area contributed by atoms with Crippen molar-refractivity contribution in [2.75, 3.05) is 6.61 Å². The van der Waals surface area contributed by atoms with E-state index in [1.165, 1.54) is 16.7 Å². The Balaban J connectivity index is 1.38. The van der Waals surface area contributed by atoms with Crippen molar-refractivity contribution in [2.45, 2.75) is 25.6 Å². The zero-order valence-corrected chi connectivity index (χ0v) is 16.1. The lowest BCUT2D eigenvalue weighted by atomic mass is 10.2. The van der Waals surface area contributed by atoms with Crippen molar-refractivity contribution in [3.8, 4) is 17.2 Å². The van der Waals surface area contributed by atoms with Crippen LogP contribution in [0.5, 0.6) is 11.5 Å². The van der Waals surface area contributed by atoms with Gasteiger partial charge in [0.25, 0.3) is 5.56 Å². The summed E-state index contributed by atoms with van der Waals surface area (Å²) < 4.78 is 38.8. The van der Waals surface area contributed by atoms with E-state index in [-0.39, 0.29) is 18.8 Å². The fourth-order valence-electron chi connectivity index (χ4n) is 3.06. The topological polar surface area (TPSA) is 60.7 Å². The number of benzene rings is 2. The minimum Gasteiger partial charge on any atom is -0.491 e. The molecular formula is C23H21F2NO4. The molecule has 1 heterocycles. The molecule has 1 aromatic heterocycles. The van der Waals surface area contributed by atoms with Crippen LogP contribution in [-0.2, 0) is 6.61 Å². The SMILES string of the molecule is O=c1cc(OCc2ccc(F)c(F)c2)ccn1-c1ccc(OC[C@H](O)C2CC2)cc1. The molecule has 1 aliphatic carbocycles. The Hall–Kier alpha value is -3.19. The third kappa shape index (κ3) is 4.86. The summed E-state index contributed by atoms with van der Waals surface area (Å²) in [6.07, 6.45) is 3.24. The average Bonchev–Trinajstić information content (AvgIpc) is 3.59. The number of pyridine rings is 1. The average molecular weight is 413 g/mol. The molecule has 0 aliphatic heterocycles. The summed E-state index contributed by atoms with van der Waals surface area (Å²) >= 11 is 0. The summed E-state index contributed by atoms with van der Waals surface area (Å²) in [6, 6.07) is 13.5. The van der Waals surface area contributed by atoms with E-state index in [1.807, 2.05) is 0 Å². The highest BCUT2D eigenvalue weighted by Crippen LogP contribution is 2.32. The molecule has 0 bridgehead atoms. The highest BCUT2D eigenvalue weighted by Gasteiger charge is 2.30. The first-order valence-electron chi connectivity index (χ1n) is 9.70. The number of ether oxygens (including phenoxy) is 2. The molecule has 1 atom stereocenters. The quantitative estimate of drug-likeness (QED) is 0.610. The predicted octanol–water partition coefficient (Wildman–Crippen LogP) is 3.84. The van der Waals surface area contributed by atoms with Crippen LogP contribution in [0.3, 0.4) is 0 Å². The number of aliphatic hydroxyl groups excluding tert-OH is 1. The molecule has 3 aromatic rings. The normalized spacial score (nSPS) is 14.4. The van der Waals surface area contributed by atoms with Gasteiger partial charge in [0.15, 0.2) is 11.6 Å². The number of hydrogen-bond donors (Lipinski definition) is 1. The van der Waals surface area contributed by atoms with Gasteiger partial charge >= 0.3 is 0 Å². The predicted molar refractivity (Wildman–Crippen MR) is 107 cm³/mol. The monoisotopic (exact) mass is 413 g/mol. The van der Waals surface area contributed by atoms with Crippen molar-refractivity contribution < 1.29 is 23.4 Å². The second-order valence-electron chi connectivity index (χ2n) is 7.32. The molecule has 5 nitrogen and oxygen atoms in total. The van der Waals surface area contributed by atoms with Gasteiger partial charge in [-0.2, -0.15) is 0 Å². The molecule has 0 amide bonds. The van der Waals surface area contributed by atoms with Crippen LogP contribution in [0.1, 0.15) is 18.4 Å². The van der Waals surface area contributed by atoms with Crippen molar-refractivity contribution >= 4 is 0 Å². The van der Waals surface area contributed by atoms with Crippen molar-refractivity contribution in [3.63, 3.8) is 0 Å². The van der Waals surface area contributed by atoms with Gasteiger partial charge in [0, 0.05) is 18.0 Å². The van der Waals surface area contributed by atoms with Gasteiger partial charge in [-0.1, -0.05) is 6.07 Å². The van der Waals surface area contributed by atoms with E-state index in [0.29, 0.717) is 28.7 Å². The highest BCUT2D eigenvalue weighted by molar-refractivity contribution is 5.38. The third-order valence-corrected chi connectivity index (χ3v) is 4.98.